The van der Waals surface area contributed by atoms with Crippen LogP contribution in [0.15, 0.2) is 18.2 Å². The van der Waals surface area contributed by atoms with Crippen LogP contribution >= 0.6 is 9.24 Å². The van der Waals surface area contributed by atoms with E-state index in [9.17, 15) is 9.18 Å². The van der Waals surface area contributed by atoms with Crippen molar-refractivity contribution in [3.05, 3.63) is 29.6 Å². The molecule has 15 heavy (non-hydrogen) atoms. The van der Waals surface area contributed by atoms with Crippen LogP contribution in [0, 0.1) is 5.82 Å². The third-order valence-electron chi connectivity index (χ3n) is 2.74. The summed E-state index contributed by atoms with van der Waals surface area (Å²) in [6.45, 7) is 0.715. The van der Waals surface area contributed by atoms with Crippen LogP contribution in [0.5, 0.6) is 0 Å². The first kappa shape index (κ1) is 10.6. The summed E-state index contributed by atoms with van der Waals surface area (Å²) in [7, 11) is 2.37. The predicted octanol–water partition coefficient (Wildman–Crippen LogP) is 1.32. The van der Waals surface area contributed by atoms with Crippen LogP contribution in [0.3, 0.4) is 0 Å². The Morgan fingerprint density at radius 3 is 2.93 bits per heavy atom. The Balaban J connectivity index is 2.21. The quantitative estimate of drug-likeness (QED) is 0.717. The zero-order chi connectivity index (χ0) is 10.8. The molecule has 1 aliphatic rings. The van der Waals surface area contributed by atoms with Gasteiger partial charge in [0.1, 0.15) is 5.82 Å². The van der Waals surface area contributed by atoms with Crippen molar-refractivity contribution in [3.8, 4) is 0 Å². The van der Waals surface area contributed by atoms with Gasteiger partial charge in [-0.05, 0) is 30.0 Å². The summed E-state index contributed by atoms with van der Waals surface area (Å²) in [5, 5.41) is 3.36. The number of amides is 1. The van der Waals surface area contributed by atoms with Crippen molar-refractivity contribution in [2.45, 2.75) is 18.8 Å². The Morgan fingerprint density at radius 1 is 1.47 bits per heavy atom. The lowest BCUT2D eigenvalue weighted by Gasteiger charge is -2.22. The van der Waals surface area contributed by atoms with Gasteiger partial charge in [-0.1, -0.05) is 6.07 Å². The zero-order valence-corrected chi connectivity index (χ0v) is 9.45. The summed E-state index contributed by atoms with van der Waals surface area (Å²) in [6.07, 6.45) is 1.44. The molecule has 1 fully saturated rings. The van der Waals surface area contributed by atoms with Crippen molar-refractivity contribution in [3.63, 3.8) is 0 Å². The van der Waals surface area contributed by atoms with Gasteiger partial charge in [-0.2, -0.15) is 0 Å². The highest BCUT2D eigenvalue weighted by Gasteiger charge is 2.20. The van der Waals surface area contributed by atoms with E-state index in [1.54, 1.807) is 6.07 Å². The molecule has 1 amide bonds. The largest absolute Gasteiger partial charge is 0.356 e. The number of piperidine rings is 1. The lowest BCUT2D eigenvalue weighted by atomic mass is 9.90. The molecule has 1 saturated heterocycles. The molecule has 1 aromatic rings. The average molecular weight is 225 g/mol. The Morgan fingerprint density at radius 2 is 2.27 bits per heavy atom. The minimum absolute atomic E-state index is 0.0841. The van der Waals surface area contributed by atoms with E-state index in [0.29, 0.717) is 18.3 Å². The first-order chi connectivity index (χ1) is 7.16. The molecule has 2 rings (SSSR count). The first-order valence-electron chi connectivity index (χ1n) is 4.98. The fourth-order valence-corrected chi connectivity index (χ4v) is 2.17. The zero-order valence-electron chi connectivity index (χ0n) is 8.29. The fraction of sp³-hybridized carbons (Fsp3) is 0.364. The standard InChI is InChI=1S/C11H13FNOP/c12-9-2-1-7(5-10(9)15)8-3-4-13-11(14)6-8/h1-2,5,8H,3-4,6,15H2,(H,13,14). The van der Waals surface area contributed by atoms with Crippen molar-refractivity contribution >= 4 is 20.5 Å². The summed E-state index contributed by atoms with van der Waals surface area (Å²) in [6, 6.07) is 5.04. The molecule has 0 aromatic heterocycles. The smallest absolute Gasteiger partial charge is 0.220 e. The SMILES string of the molecule is O=C1CC(c2ccc(F)c(P)c2)CCN1. The Bertz CT molecular complexity index is 394. The van der Waals surface area contributed by atoms with Gasteiger partial charge in [0.25, 0.3) is 0 Å². The minimum Gasteiger partial charge on any atom is -0.356 e. The number of carbonyl (C=O) groups excluding carboxylic acids is 1. The number of halogens is 1. The number of hydrogen-bond donors (Lipinski definition) is 1. The van der Waals surface area contributed by atoms with Crippen molar-refractivity contribution in [2.24, 2.45) is 0 Å². The summed E-state index contributed by atoms with van der Waals surface area (Å²) in [4.78, 5) is 11.2. The highest BCUT2D eigenvalue weighted by Crippen LogP contribution is 2.25. The normalized spacial score (nSPS) is 21.2. The molecule has 0 radical (unpaired) electrons. The molecule has 1 aromatic carbocycles. The number of hydrogen-bond acceptors (Lipinski definition) is 1. The van der Waals surface area contributed by atoms with Gasteiger partial charge in [0, 0.05) is 18.3 Å². The summed E-state index contributed by atoms with van der Waals surface area (Å²) < 4.78 is 13.0. The molecule has 80 valence electrons. The maximum atomic E-state index is 13.0. The molecule has 1 N–H and O–H groups in total. The first-order valence-corrected chi connectivity index (χ1v) is 5.56. The Kier molecular flexibility index (Phi) is 3.01. The van der Waals surface area contributed by atoms with E-state index in [1.807, 2.05) is 6.07 Å². The molecule has 1 heterocycles. The van der Waals surface area contributed by atoms with E-state index in [1.165, 1.54) is 6.07 Å². The van der Waals surface area contributed by atoms with Gasteiger partial charge in [0.2, 0.25) is 5.91 Å². The topological polar surface area (TPSA) is 29.1 Å². The predicted molar refractivity (Wildman–Crippen MR) is 60.7 cm³/mol. The summed E-state index contributed by atoms with van der Waals surface area (Å²) in [5.41, 5.74) is 1.05. The van der Waals surface area contributed by atoms with E-state index in [4.69, 9.17) is 0 Å². The number of nitrogens with one attached hydrogen (secondary N) is 1. The van der Waals surface area contributed by atoms with Crippen molar-refractivity contribution in [1.29, 1.82) is 0 Å². The van der Waals surface area contributed by atoms with Gasteiger partial charge in [0.15, 0.2) is 0 Å². The molecule has 0 aliphatic carbocycles. The molecule has 2 unspecified atom stereocenters. The monoisotopic (exact) mass is 225 g/mol. The van der Waals surface area contributed by atoms with Crippen LogP contribution in [-0.4, -0.2) is 12.5 Å². The molecule has 2 atom stereocenters. The highest BCUT2D eigenvalue weighted by molar-refractivity contribution is 7.27. The molecular formula is C11H13FNOP. The van der Waals surface area contributed by atoms with E-state index in [0.717, 1.165) is 12.0 Å². The van der Waals surface area contributed by atoms with Gasteiger partial charge in [0.05, 0.1) is 0 Å². The van der Waals surface area contributed by atoms with E-state index >= 15 is 0 Å². The molecule has 4 heteroatoms. The number of rotatable bonds is 1. The second kappa shape index (κ2) is 4.28. The molecule has 0 spiro atoms. The minimum atomic E-state index is -0.219. The maximum absolute atomic E-state index is 13.0. The van der Waals surface area contributed by atoms with Gasteiger partial charge in [-0.25, -0.2) is 4.39 Å². The van der Waals surface area contributed by atoms with Gasteiger partial charge >= 0.3 is 0 Å². The third-order valence-corrected chi connectivity index (χ3v) is 3.18. The number of carbonyl (C=O) groups is 1. The van der Waals surface area contributed by atoms with Gasteiger partial charge in [-0.3, -0.25) is 4.79 Å². The summed E-state index contributed by atoms with van der Waals surface area (Å²) >= 11 is 0. The molecule has 0 saturated carbocycles. The molecule has 1 aliphatic heterocycles. The molecule has 2 nitrogen and oxygen atoms in total. The Hall–Kier alpha value is -0.950. The Labute approximate surface area is 90.5 Å². The van der Waals surface area contributed by atoms with Crippen LogP contribution in [0.1, 0.15) is 24.3 Å². The average Bonchev–Trinajstić information content (AvgIpc) is 2.22. The fourth-order valence-electron chi connectivity index (χ4n) is 1.88. The van der Waals surface area contributed by atoms with Crippen molar-refractivity contribution in [2.75, 3.05) is 6.54 Å². The van der Waals surface area contributed by atoms with E-state index in [-0.39, 0.29) is 17.6 Å². The lowest BCUT2D eigenvalue weighted by Crippen LogP contribution is -2.32. The second-order valence-electron chi connectivity index (χ2n) is 3.82. The van der Waals surface area contributed by atoms with Crippen LogP contribution in [0.4, 0.5) is 4.39 Å². The van der Waals surface area contributed by atoms with E-state index in [2.05, 4.69) is 14.6 Å². The van der Waals surface area contributed by atoms with Crippen molar-refractivity contribution in [1.82, 2.24) is 5.32 Å². The molecular weight excluding hydrogens is 212 g/mol. The van der Waals surface area contributed by atoms with Crippen LogP contribution in [0.2, 0.25) is 0 Å². The third kappa shape index (κ3) is 2.35. The highest BCUT2D eigenvalue weighted by atomic mass is 31.0. The van der Waals surface area contributed by atoms with E-state index < -0.39 is 0 Å². The lowest BCUT2D eigenvalue weighted by molar-refractivity contribution is -0.122. The van der Waals surface area contributed by atoms with Crippen molar-refractivity contribution < 1.29 is 9.18 Å². The number of benzene rings is 1. The van der Waals surface area contributed by atoms with Gasteiger partial charge in [-0.15, -0.1) is 9.24 Å². The summed E-state index contributed by atoms with van der Waals surface area (Å²) in [5.74, 6) is 0.101. The van der Waals surface area contributed by atoms with Crippen LogP contribution in [-0.2, 0) is 4.79 Å². The van der Waals surface area contributed by atoms with Crippen LogP contribution < -0.4 is 10.6 Å². The molecule has 0 bridgehead atoms. The van der Waals surface area contributed by atoms with Crippen LogP contribution in [0.25, 0.3) is 0 Å². The second-order valence-corrected chi connectivity index (χ2v) is 4.44. The van der Waals surface area contributed by atoms with Gasteiger partial charge < -0.3 is 5.32 Å². The maximum Gasteiger partial charge on any atom is 0.220 e.